The number of halogens is 5. The van der Waals surface area contributed by atoms with Gasteiger partial charge in [-0.1, -0.05) is 22.8 Å². The number of benzene rings is 1. The summed E-state index contributed by atoms with van der Waals surface area (Å²) < 4.78 is 59.2. The maximum Gasteiger partial charge on any atom is 0.411 e. The second kappa shape index (κ2) is 7.83. The van der Waals surface area contributed by atoms with Crippen LogP contribution in [0.5, 0.6) is 0 Å². The number of aromatic nitrogens is 1. The minimum atomic E-state index is -4.44. The molecule has 0 radical (unpaired) electrons. The van der Waals surface area contributed by atoms with Crippen LogP contribution in [0.3, 0.4) is 0 Å². The Balaban J connectivity index is 2.10. The van der Waals surface area contributed by atoms with Gasteiger partial charge in [-0.2, -0.15) is 13.2 Å². The fourth-order valence-corrected chi connectivity index (χ4v) is 2.30. The molecule has 0 saturated carbocycles. The zero-order chi connectivity index (χ0) is 18.6. The Morgan fingerprint density at radius 1 is 1.40 bits per heavy atom. The molecule has 0 spiro atoms. The van der Waals surface area contributed by atoms with E-state index in [1.54, 1.807) is 0 Å². The zero-order valence-electron chi connectivity index (χ0n) is 12.9. The maximum absolute atomic E-state index is 14.0. The van der Waals surface area contributed by atoms with Gasteiger partial charge in [-0.3, -0.25) is 4.79 Å². The van der Waals surface area contributed by atoms with E-state index in [2.05, 4.69) is 15.2 Å². The van der Waals surface area contributed by atoms with Crippen LogP contribution in [0.25, 0.3) is 11.3 Å². The zero-order valence-corrected chi connectivity index (χ0v) is 13.7. The molecule has 25 heavy (non-hydrogen) atoms. The summed E-state index contributed by atoms with van der Waals surface area (Å²) >= 11 is 5.96. The number of aryl methyl sites for hydroxylation is 1. The van der Waals surface area contributed by atoms with Crippen molar-refractivity contribution in [1.29, 1.82) is 0 Å². The smallest absolute Gasteiger partial charge is 0.370 e. The fraction of sp³-hybridized carbons (Fsp3) is 0.333. The summed E-state index contributed by atoms with van der Waals surface area (Å²) in [5.74, 6) is -1.27. The first kappa shape index (κ1) is 19.2. The average Bonchev–Trinajstić information content (AvgIpc) is 2.87. The van der Waals surface area contributed by atoms with Gasteiger partial charge in [0.05, 0.1) is 17.2 Å². The summed E-state index contributed by atoms with van der Waals surface area (Å²) in [6, 6.07) is 3.97. The molecular weight excluding hydrogens is 368 g/mol. The monoisotopic (exact) mass is 380 g/mol. The average molecular weight is 381 g/mol. The first-order chi connectivity index (χ1) is 11.7. The Hall–Kier alpha value is -2.13. The van der Waals surface area contributed by atoms with Crippen LogP contribution in [0.4, 0.5) is 17.6 Å². The molecule has 2 aromatic rings. The summed E-state index contributed by atoms with van der Waals surface area (Å²) in [7, 11) is 0. The highest BCUT2D eigenvalue weighted by atomic mass is 35.5. The lowest BCUT2D eigenvalue weighted by Crippen LogP contribution is -2.29. The quantitative estimate of drug-likeness (QED) is 0.612. The van der Waals surface area contributed by atoms with Crippen molar-refractivity contribution >= 4 is 17.5 Å². The summed E-state index contributed by atoms with van der Waals surface area (Å²) in [6.45, 7) is -0.485. The van der Waals surface area contributed by atoms with Crippen molar-refractivity contribution in [2.24, 2.45) is 0 Å². The molecule has 1 N–H and O–H groups in total. The number of rotatable bonds is 6. The fourth-order valence-electron chi connectivity index (χ4n) is 2.05. The lowest BCUT2D eigenvalue weighted by atomic mass is 10.0. The van der Waals surface area contributed by atoms with E-state index in [0.717, 1.165) is 6.07 Å². The highest BCUT2D eigenvalue weighted by Crippen LogP contribution is 2.33. The minimum Gasteiger partial charge on any atom is -0.370 e. The maximum atomic E-state index is 14.0. The van der Waals surface area contributed by atoms with Crippen LogP contribution in [-0.2, 0) is 4.74 Å². The van der Waals surface area contributed by atoms with E-state index in [4.69, 9.17) is 16.1 Å². The standard InChI is InChI=1S/C15H13ClF4N2O3/c1-8-11(14(23)21-5-6-24-7-15(18,19)20)13(22-25-8)12-9(16)3-2-4-10(12)17/h2-4H,5-7H2,1H3,(H,21,23). The number of nitrogens with one attached hydrogen (secondary N) is 1. The lowest BCUT2D eigenvalue weighted by Gasteiger charge is -2.09. The number of amides is 1. The molecule has 0 aliphatic rings. The third-order valence-corrected chi connectivity index (χ3v) is 3.40. The van der Waals surface area contributed by atoms with Gasteiger partial charge in [0.25, 0.3) is 5.91 Å². The number of nitrogens with zero attached hydrogens (tertiary/aromatic N) is 1. The topological polar surface area (TPSA) is 64.4 Å². The number of carbonyl (C=O) groups excluding carboxylic acids is 1. The molecule has 0 saturated heterocycles. The van der Waals surface area contributed by atoms with Crippen LogP contribution in [0.2, 0.25) is 5.02 Å². The summed E-state index contributed by atoms with van der Waals surface area (Å²) in [4.78, 5) is 12.2. The predicted octanol–water partition coefficient (Wildman–Crippen LogP) is 3.75. The van der Waals surface area contributed by atoms with Crippen LogP contribution >= 0.6 is 11.6 Å². The van der Waals surface area contributed by atoms with Gasteiger partial charge in [-0.15, -0.1) is 0 Å². The van der Waals surface area contributed by atoms with Crippen LogP contribution in [0, 0.1) is 12.7 Å². The molecule has 1 amide bonds. The number of hydrogen-bond donors (Lipinski definition) is 1. The largest absolute Gasteiger partial charge is 0.411 e. The molecular formula is C15H13ClF4N2O3. The molecule has 1 aromatic heterocycles. The molecule has 2 rings (SSSR count). The van der Waals surface area contributed by atoms with Crippen molar-refractivity contribution in [3.05, 3.63) is 40.4 Å². The molecule has 0 bridgehead atoms. The Morgan fingerprint density at radius 2 is 2.12 bits per heavy atom. The third-order valence-electron chi connectivity index (χ3n) is 3.09. The van der Waals surface area contributed by atoms with Crippen molar-refractivity contribution in [3.63, 3.8) is 0 Å². The van der Waals surface area contributed by atoms with Crippen molar-refractivity contribution < 1.29 is 31.6 Å². The molecule has 0 atom stereocenters. The van der Waals surface area contributed by atoms with Crippen LogP contribution in [0.1, 0.15) is 16.1 Å². The van der Waals surface area contributed by atoms with Crippen molar-refractivity contribution in [3.8, 4) is 11.3 Å². The number of carbonyl (C=O) groups is 1. The highest BCUT2D eigenvalue weighted by Gasteiger charge is 2.28. The van der Waals surface area contributed by atoms with Crippen molar-refractivity contribution in [1.82, 2.24) is 10.5 Å². The Labute approximate surface area is 144 Å². The Bertz CT molecular complexity index is 741. The minimum absolute atomic E-state index is 0.0378. The van der Waals surface area contributed by atoms with E-state index >= 15 is 0 Å². The Morgan fingerprint density at radius 3 is 2.76 bits per heavy atom. The van der Waals surface area contributed by atoms with Gasteiger partial charge in [-0.05, 0) is 19.1 Å². The molecule has 5 nitrogen and oxygen atoms in total. The van der Waals surface area contributed by atoms with Gasteiger partial charge in [0.2, 0.25) is 0 Å². The van der Waals surface area contributed by atoms with Gasteiger partial charge in [0.1, 0.15) is 29.4 Å². The summed E-state index contributed by atoms with van der Waals surface area (Å²) in [6.07, 6.45) is -4.44. The molecule has 0 aliphatic carbocycles. The SMILES string of the molecule is Cc1onc(-c2c(F)cccc2Cl)c1C(=O)NCCOCC(F)(F)F. The van der Waals surface area contributed by atoms with Crippen LogP contribution in [0.15, 0.2) is 22.7 Å². The number of ether oxygens (including phenoxy) is 1. The molecule has 136 valence electrons. The van der Waals surface area contributed by atoms with E-state index < -0.39 is 24.5 Å². The van der Waals surface area contributed by atoms with E-state index in [1.807, 2.05) is 0 Å². The van der Waals surface area contributed by atoms with E-state index in [9.17, 15) is 22.4 Å². The second-order valence-corrected chi connectivity index (χ2v) is 5.39. The third kappa shape index (κ3) is 4.93. The second-order valence-electron chi connectivity index (χ2n) is 4.98. The summed E-state index contributed by atoms with van der Waals surface area (Å²) in [5.41, 5.74) is -0.239. The molecule has 0 unspecified atom stereocenters. The van der Waals surface area contributed by atoms with Crippen LogP contribution < -0.4 is 5.32 Å². The van der Waals surface area contributed by atoms with Gasteiger partial charge >= 0.3 is 6.18 Å². The molecule has 10 heteroatoms. The van der Waals surface area contributed by atoms with Gasteiger partial charge in [0.15, 0.2) is 0 Å². The van der Waals surface area contributed by atoms with Gasteiger partial charge in [0, 0.05) is 6.54 Å². The van der Waals surface area contributed by atoms with Gasteiger partial charge < -0.3 is 14.6 Å². The first-order valence-corrected chi connectivity index (χ1v) is 7.42. The highest BCUT2D eigenvalue weighted by molar-refractivity contribution is 6.33. The molecule has 1 aromatic carbocycles. The number of hydrogen-bond acceptors (Lipinski definition) is 4. The first-order valence-electron chi connectivity index (χ1n) is 7.04. The van der Waals surface area contributed by atoms with Crippen molar-refractivity contribution in [2.45, 2.75) is 13.1 Å². The normalized spacial score (nSPS) is 11.6. The van der Waals surface area contributed by atoms with Crippen LogP contribution in [-0.4, -0.2) is 37.0 Å². The molecule has 1 heterocycles. The van der Waals surface area contributed by atoms with E-state index in [-0.39, 0.29) is 40.8 Å². The lowest BCUT2D eigenvalue weighted by molar-refractivity contribution is -0.173. The molecule has 0 fully saturated rings. The predicted molar refractivity (Wildman–Crippen MR) is 80.9 cm³/mol. The number of alkyl halides is 3. The van der Waals surface area contributed by atoms with Gasteiger partial charge in [-0.25, -0.2) is 4.39 Å². The summed E-state index contributed by atoms with van der Waals surface area (Å²) in [5, 5.41) is 6.07. The van der Waals surface area contributed by atoms with E-state index in [0.29, 0.717) is 0 Å². The van der Waals surface area contributed by atoms with E-state index in [1.165, 1.54) is 19.1 Å². The van der Waals surface area contributed by atoms with Crippen molar-refractivity contribution in [2.75, 3.05) is 19.8 Å². The Kier molecular flexibility index (Phi) is 6.02. The molecule has 0 aliphatic heterocycles.